The van der Waals surface area contributed by atoms with Crippen LogP contribution in [0.5, 0.6) is 11.5 Å². The highest BCUT2D eigenvalue weighted by Gasteiger charge is 2.23. The molecule has 0 spiro atoms. The molecule has 37 heavy (non-hydrogen) atoms. The predicted molar refractivity (Wildman–Crippen MR) is 147 cm³/mol. The molecule has 0 bridgehead atoms. The molecule has 1 heterocycles. The number of halogens is 1. The first-order chi connectivity index (χ1) is 17.9. The van der Waals surface area contributed by atoms with Crippen LogP contribution < -0.4 is 19.7 Å². The topological polar surface area (TPSA) is 71.1 Å². The van der Waals surface area contributed by atoms with Crippen molar-refractivity contribution in [3.63, 3.8) is 0 Å². The molecule has 0 saturated carbocycles. The van der Waals surface area contributed by atoms with Crippen LogP contribution in [-0.2, 0) is 4.79 Å². The SMILES string of the molecule is CCCOc1ccc(C(=O)N2CCN(c3ccc(NC(=O)COc4ccc(C)cc4)cc3Cl)CC2)cc1. The van der Waals surface area contributed by atoms with E-state index in [9.17, 15) is 9.59 Å². The lowest BCUT2D eigenvalue weighted by molar-refractivity contribution is -0.118. The van der Waals surface area contributed by atoms with E-state index in [2.05, 4.69) is 17.1 Å². The number of piperazine rings is 1. The molecule has 3 aromatic rings. The van der Waals surface area contributed by atoms with Gasteiger partial charge in [-0.2, -0.15) is 0 Å². The number of aryl methyl sites for hydroxylation is 1. The van der Waals surface area contributed by atoms with Gasteiger partial charge in [-0.1, -0.05) is 36.2 Å². The zero-order valence-corrected chi connectivity index (χ0v) is 22.0. The van der Waals surface area contributed by atoms with Crippen molar-refractivity contribution in [1.82, 2.24) is 4.90 Å². The van der Waals surface area contributed by atoms with Crippen LogP contribution in [0.25, 0.3) is 0 Å². The number of nitrogens with one attached hydrogen (secondary N) is 1. The summed E-state index contributed by atoms with van der Waals surface area (Å²) in [6.07, 6.45) is 0.940. The van der Waals surface area contributed by atoms with Crippen LogP contribution in [0.15, 0.2) is 66.7 Å². The first-order valence-electron chi connectivity index (χ1n) is 12.5. The standard InChI is InChI=1S/C29H32ClN3O4/c1-3-18-36-24-11-6-22(7-12-24)29(35)33-16-14-32(15-17-33)27-13-8-23(19-26(27)30)31-28(34)20-37-25-9-4-21(2)5-10-25/h4-13,19H,3,14-18,20H2,1-2H3,(H,31,34). The Morgan fingerprint density at radius 1 is 0.892 bits per heavy atom. The van der Waals surface area contributed by atoms with E-state index in [0.29, 0.717) is 54.8 Å². The highest BCUT2D eigenvalue weighted by molar-refractivity contribution is 6.33. The van der Waals surface area contributed by atoms with Crippen LogP contribution in [0.3, 0.4) is 0 Å². The van der Waals surface area contributed by atoms with Gasteiger partial charge in [0.15, 0.2) is 6.61 Å². The molecule has 1 aliphatic rings. The van der Waals surface area contributed by atoms with E-state index in [0.717, 1.165) is 23.4 Å². The molecule has 0 aliphatic carbocycles. The maximum Gasteiger partial charge on any atom is 0.262 e. The van der Waals surface area contributed by atoms with Crippen LogP contribution in [0.4, 0.5) is 11.4 Å². The van der Waals surface area contributed by atoms with Crippen molar-refractivity contribution in [2.75, 3.05) is 49.6 Å². The minimum Gasteiger partial charge on any atom is -0.494 e. The van der Waals surface area contributed by atoms with Gasteiger partial charge in [0.25, 0.3) is 11.8 Å². The van der Waals surface area contributed by atoms with Crippen molar-refractivity contribution in [3.05, 3.63) is 82.9 Å². The third-order valence-corrected chi connectivity index (χ3v) is 6.41. The summed E-state index contributed by atoms with van der Waals surface area (Å²) in [5.74, 6) is 1.17. The monoisotopic (exact) mass is 521 g/mol. The Bertz CT molecular complexity index is 1210. The van der Waals surface area contributed by atoms with E-state index in [1.165, 1.54) is 0 Å². The fraction of sp³-hybridized carbons (Fsp3) is 0.310. The number of anilines is 2. The van der Waals surface area contributed by atoms with E-state index in [1.807, 2.05) is 72.5 Å². The van der Waals surface area contributed by atoms with Crippen molar-refractivity contribution < 1.29 is 19.1 Å². The largest absolute Gasteiger partial charge is 0.494 e. The molecule has 0 unspecified atom stereocenters. The predicted octanol–water partition coefficient (Wildman–Crippen LogP) is 5.42. The van der Waals surface area contributed by atoms with Crippen molar-refractivity contribution in [2.45, 2.75) is 20.3 Å². The first kappa shape index (κ1) is 26.4. The molecule has 0 radical (unpaired) electrons. The smallest absolute Gasteiger partial charge is 0.262 e. The van der Waals surface area contributed by atoms with Crippen LogP contribution in [0, 0.1) is 6.92 Å². The maximum absolute atomic E-state index is 12.9. The number of carbonyl (C=O) groups is 2. The van der Waals surface area contributed by atoms with E-state index in [4.69, 9.17) is 21.1 Å². The fourth-order valence-electron chi connectivity index (χ4n) is 4.07. The summed E-state index contributed by atoms with van der Waals surface area (Å²) in [4.78, 5) is 29.2. The highest BCUT2D eigenvalue weighted by atomic mass is 35.5. The maximum atomic E-state index is 12.9. The van der Waals surface area contributed by atoms with Gasteiger partial charge in [-0.3, -0.25) is 9.59 Å². The summed E-state index contributed by atoms with van der Waals surface area (Å²) in [6.45, 7) is 7.14. The second kappa shape index (κ2) is 12.5. The summed E-state index contributed by atoms with van der Waals surface area (Å²) in [5, 5.41) is 3.36. The molecule has 1 aliphatic heterocycles. The Morgan fingerprint density at radius 3 is 2.19 bits per heavy atom. The van der Waals surface area contributed by atoms with Gasteiger partial charge in [0.1, 0.15) is 11.5 Å². The van der Waals surface area contributed by atoms with Gasteiger partial charge < -0.3 is 24.6 Å². The first-order valence-corrected chi connectivity index (χ1v) is 12.9. The third-order valence-electron chi connectivity index (χ3n) is 6.10. The van der Waals surface area contributed by atoms with E-state index >= 15 is 0 Å². The Balaban J connectivity index is 1.27. The molecule has 194 valence electrons. The van der Waals surface area contributed by atoms with Gasteiger partial charge in [0.05, 0.1) is 17.3 Å². The lowest BCUT2D eigenvalue weighted by atomic mass is 10.1. The Hall–Kier alpha value is -3.71. The lowest BCUT2D eigenvalue weighted by Gasteiger charge is -2.36. The molecule has 1 N–H and O–H groups in total. The third kappa shape index (κ3) is 7.17. The van der Waals surface area contributed by atoms with Crippen LogP contribution in [0.1, 0.15) is 29.3 Å². The minimum atomic E-state index is -0.263. The number of benzene rings is 3. The molecule has 4 rings (SSSR count). The van der Waals surface area contributed by atoms with Crippen molar-refractivity contribution >= 4 is 34.8 Å². The number of hydrogen-bond donors (Lipinski definition) is 1. The van der Waals surface area contributed by atoms with E-state index < -0.39 is 0 Å². The summed E-state index contributed by atoms with van der Waals surface area (Å²) in [6, 6.07) is 20.3. The van der Waals surface area contributed by atoms with Crippen molar-refractivity contribution in [1.29, 1.82) is 0 Å². The number of hydrogen-bond acceptors (Lipinski definition) is 5. The van der Waals surface area contributed by atoms with Gasteiger partial charge in [-0.05, 0) is 67.9 Å². The summed E-state index contributed by atoms with van der Waals surface area (Å²) in [5.41, 5.74) is 3.26. The molecule has 0 atom stereocenters. The quantitative estimate of drug-likeness (QED) is 0.407. The Labute approximate surface area is 222 Å². The Morgan fingerprint density at radius 2 is 1.54 bits per heavy atom. The number of carbonyl (C=O) groups excluding carboxylic acids is 2. The summed E-state index contributed by atoms with van der Waals surface area (Å²) < 4.78 is 11.1. The molecule has 1 fully saturated rings. The number of nitrogens with zero attached hydrogens (tertiary/aromatic N) is 2. The van der Waals surface area contributed by atoms with E-state index in [1.54, 1.807) is 6.07 Å². The highest BCUT2D eigenvalue weighted by Crippen LogP contribution is 2.30. The molecular formula is C29H32ClN3O4. The molecule has 1 saturated heterocycles. The normalized spacial score (nSPS) is 13.3. The van der Waals surface area contributed by atoms with Crippen molar-refractivity contribution in [2.24, 2.45) is 0 Å². The van der Waals surface area contributed by atoms with Gasteiger partial charge in [-0.15, -0.1) is 0 Å². The molecular weight excluding hydrogens is 490 g/mol. The molecule has 3 aromatic carbocycles. The summed E-state index contributed by atoms with van der Waals surface area (Å²) >= 11 is 6.56. The van der Waals surface area contributed by atoms with Crippen molar-refractivity contribution in [3.8, 4) is 11.5 Å². The molecule has 0 aromatic heterocycles. The van der Waals surface area contributed by atoms with E-state index in [-0.39, 0.29) is 18.4 Å². The van der Waals surface area contributed by atoms with Crippen LogP contribution in [0.2, 0.25) is 5.02 Å². The minimum absolute atomic E-state index is 0.0127. The van der Waals surface area contributed by atoms with Crippen LogP contribution in [-0.4, -0.2) is 56.1 Å². The molecule has 8 heteroatoms. The molecule has 7 nitrogen and oxygen atoms in total. The second-order valence-corrected chi connectivity index (χ2v) is 9.38. The zero-order chi connectivity index (χ0) is 26.2. The number of rotatable bonds is 9. The van der Waals surface area contributed by atoms with Gasteiger partial charge >= 0.3 is 0 Å². The number of ether oxygens (including phenoxy) is 2. The average Bonchev–Trinajstić information content (AvgIpc) is 2.92. The van der Waals surface area contributed by atoms with Gasteiger partial charge in [0, 0.05) is 37.4 Å². The van der Waals surface area contributed by atoms with Gasteiger partial charge in [0.2, 0.25) is 0 Å². The molecule has 2 amide bonds. The van der Waals surface area contributed by atoms with Gasteiger partial charge in [-0.25, -0.2) is 0 Å². The zero-order valence-electron chi connectivity index (χ0n) is 21.2. The second-order valence-electron chi connectivity index (χ2n) is 8.97. The lowest BCUT2D eigenvalue weighted by Crippen LogP contribution is -2.48. The number of amides is 2. The average molecular weight is 522 g/mol. The van der Waals surface area contributed by atoms with Crippen LogP contribution >= 0.6 is 11.6 Å². The summed E-state index contributed by atoms with van der Waals surface area (Å²) in [7, 11) is 0. The Kier molecular flexibility index (Phi) is 8.90. The fourth-order valence-corrected chi connectivity index (χ4v) is 4.37.